The van der Waals surface area contributed by atoms with Crippen LogP contribution >= 0.6 is 22.9 Å². The molecule has 5 N–H and O–H groups in total. The number of nitrogens with one attached hydrogen (secondary N) is 3. The number of nitrogens with two attached hydrogens (primary N) is 1. The topological polar surface area (TPSA) is 148 Å². The normalized spacial score (nSPS) is 16.3. The quantitative estimate of drug-likeness (QED) is 0.106. The van der Waals surface area contributed by atoms with E-state index in [0.29, 0.717) is 47.4 Å². The van der Waals surface area contributed by atoms with Gasteiger partial charge in [0.05, 0.1) is 31.4 Å². The highest BCUT2D eigenvalue weighted by Gasteiger charge is 2.36. The van der Waals surface area contributed by atoms with E-state index in [-0.39, 0.29) is 30.5 Å². The highest BCUT2D eigenvalue weighted by Crippen LogP contribution is 2.40. The number of thiophene rings is 1. The maximum absolute atomic E-state index is 13.7. The number of carbonyl (C=O) groups is 2. The zero-order chi connectivity index (χ0) is 34.5. The first-order chi connectivity index (χ1) is 23.0. The molecule has 0 aliphatic carbocycles. The summed E-state index contributed by atoms with van der Waals surface area (Å²) in [6.07, 6.45) is 1.68. The van der Waals surface area contributed by atoms with Gasteiger partial charge in [-0.3, -0.25) is 25.5 Å². The van der Waals surface area contributed by atoms with Gasteiger partial charge in [-0.25, -0.2) is 4.79 Å². The number of halogens is 1. The van der Waals surface area contributed by atoms with Gasteiger partial charge in [0, 0.05) is 51.9 Å². The van der Waals surface area contributed by atoms with Gasteiger partial charge in [0.2, 0.25) is 5.91 Å². The van der Waals surface area contributed by atoms with E-state index in [9.17, 15) is 15.0 Å². The van der Waals surface area contributed by atoms with Crippen molar-refractivity contribution < 1.29 is 14.3 Å². The molecule has 0 unspecified atom stereocenters. The van der Waals surface area contributed by atoms with Crippen LogP contribution in [0.1, 0.15) is 63.7 Å². The number of likely N-dealkylation sites (tertiary alicyclic amines) is 1. The van der Waals surface area contributed by atoms with E-state index in [1.165, 1.54) is 18.4 Å². The molecule has 0 spiro atoms. The summed E-state index contributed by atoms with van der Waals surface area (Å²) >= 11 is 7.74. The van der Waals surface area contributed by atoms with Crippen molar-refractivity contribution >= 4 is 62.9 Å². The lowest BCUT2D eigenvalue weighted by atomic mass is 9.96. The molecular weight excluding hydrogens is 646 g/mol. The number of methoxy groups -OCH3 is 1. The van der Waals surface area contributed by atoms with Crippen LogP contribution in [0.25, 0.3) is 0 Å². The first-order valence-electron chi connectivity index (χ1n) is 15.8. The van der Waals surface area contributed by atoms with Crippen molar-refractivity contribution in [2.45, 2.75) is 46.1 Å². The number of nitrogens with zero attached hydrogens (tertiary/aromatic N) is 3. The third-order valence-corrected chi connectivity index (χ3v) is 10.2. The van der Waals surface area contributed by atoms with Gasteiger partial charge >= 0.3 is 5.97 Å². The van der Waals surface area contributed by atoms with Crippen molar-refractivity contribution in [1.29, 1.82) is 10.8 Å². The highest BCUT2D eigenvalue weighted by molar-refractivity contribution is 7.17. The monoisotopic (exact) mass is 685 g/mol. The number of aliphatic imine (C=N–C) groups is 1. The number of amidine groups is 2. The van der Waals surface area contributed by atoms with Crippen LogP contribution in [0, 0.1) is 42.4 Å². The SMILES string of the molecule is COC(=O)c1ccc(NCC2CCN(C(=O)C[C@@H]3N=C(c4ccc(Cl)cc4)c4c(sc(C)c4C)N(C(C)=N)C3=N)CC2)cc1C#CCN. The van der Waals surface area contributed by atoms with Gasteiger partial charge in [-0.05, 0) is 75.4 Å². The summed E-state index contributed by atoms with van der Waals surface area (Å²) in [4.78, 5) is 35.6. The summed E-state index contributed by atoms with van der Waals surface area (Å²) in [5.41, 5.74) is 10.8. The first kappa shape index (κ1) is 34.8. The number of anilines is 2. The molecule has 1 fully saturated rings. The lowest BCUT2D eigenvalue weighted by Crippen LogP contribution is -2.45. The minimum absolute atomic E-state index is 0.0365. The summed E-state index contributed by atoms with van der Waals surface area (Å²) in [6.45, 7) is 7.83. The Labute approximate surface area is 290 Å². The predicted octanol–water partition coefficient (Wildman–Crippen LogP) is 5.86. The molecule has 2 aliphatic heterocycles. The predicted molar refractivity (Wildman–Crippen MR) is 194 cm³/mol. The molecule has 1 atom stereocenters. The number of amides is 1. The van der Waals surface area contributed by atoms with Crippen LogP contribution in [0.3, 0.4) is 0 Å². The molecule has 2 aromatic carbocycles. The number of piperidine rings is 1. The van der Waals surface area contributed by atoms with E-state index >= 15 is 0 Å². The Morgan fingerprint density at radius 3 is 2.52 bits per heavy atom. The molecule has 0 bridgehead atoms. The van der Waals surface area contributed by atoms with Gasteiger partial charge < -0.3 is 20.7 Å². The number of fused-ring (bicyclic) bond motifs is 1. The lowest BCUT2D eigenvalue weighted by Gasteiger charge is -2.33. The Bertz CT molecular complexity index is 1830. The fourth-order valence-corrected chi connectivity index (χ4v) is 7.37. The first-order valence-corrected chi connectivity index (χ1v) is 17.0. The standard InChI is InChI=1S/C36H40ClN7O3S/c1-21-22(2)48-35-32(21)33(25-7-9-27(37)10-8-25)42-30(34(40)44(35)23(3)39)19-31(45)43-16-13-24(14-17-43)20-41-28-11-12-29(36(46)47-4)26(18-28)6-5-15-38/h7-12,18,24,30,39-41H,13-17,19-20,38H2,1-4H3/t30-/m0/s1. The molecular formula is C36H40ClN7O3S. The summed E-state index contributed by atoms with van der Waals surface area (Å²) in [6, 6.07) is 12.1. The van der Waals surface area contributed by atoms with Crippen LogP contribution < -0.4 is 16.0 Å². The fourth-order valence-electron chi connectivity index (χ4n) is 6.02. The molecule has 250 valence electrons. The van der Waals surface area contributed by atoms with E-state index < -0.39 is 12.0 Å². The molecule has 1 amide bonds. The Kier molecular flexibility index (Phi) is 11.0. The van der Waals surface area contributed by atoms with Gasteiger partial charge in [0.15, 0.2) is 0 Å². The number of carbonyl (C=O) groups excluding carboxylic acids is 2. The second-order valence-electron chi connectivity index (χ2n) is 11.9. The molecule has 1 aromatic heterocycles. The van der Waals surface area contributed by atoms with Crippen LogP contribution in [-0.2, 0) is 9.53 Å². The van der Waals surface area contributed by atoms with E-state index in [1.807, 2.05) is 55.1 Å². The van der Waals surface area contributed by atoms with Crippen LogP contribution in [0.2, 0.25) is 5.02 Å². The molecule has 3 aromatic rings. The molecule has 2 aliphatic rings. The third kappa shape index (κ3) is 7.46. The molecule has 12 heteroatoms. The molecule has 3 heterocycles. The van der Waals surface area contributed by atoms with E-state index in [0.717, 1.165) is 45.1 Å². The van der Waals surface area contributed by atoms with Gasteiger partial charge in [-0.15, -0.1) is 11.3 Å². The van der Waals surface area contributed by atoms with Crippen LogP contribution in [-0.4, -0.2) is 73.5 Å². The molecule has 10 nitrogen and oxygen atoms in total. The number of hydrogen-bond donors (Lipinski definition) is 4. The minimum atomic E-state index is -0.758. The molecule has 0 radical (unpaired) electrons. The van der Waals surface area contributed by atoms with Crippen molar-refractivity contribution in [2.24, 2.45) is 16.6 Å². The lowest BCUT2D eigenvalue weighted by molar-refractivity contribution is -0.132. The van der Waals surface area contributed by atoms with Crippen LogP contribution in [0.5, 0.6) is 0 Å². The second-order valence-corrected chi connectivity index (χ2v) is 13.6. The smallest absolute Gasteiger partial charge is 0.339 e. The zero-order valence-corrected chi connectivity index (χ0v) is 29.1. The van der Waals surface area contributed by atoms with Crippen molar-refractivity contribution in [3.05, 3.63) is 80.2 Å². The number of hydrogen-bond acceptors (Lipinski definition) is 9. The van der Waals surface area contributed by atoms with E-state index in [4.69, 9.17) is 32.5 Å². The van der Waals surface area contributed by atoms with Crippen LogP contribution in [0.4, 0.5) is 10.7 Å². The average molecular weight is 686 g/mol. The van der Waals surface area contributed by atoms with Crippen molar-refractivity contribution in [1.82, 2.24) is 4.90 Å². The largest absolute Gasteiger partial charge is 0.465 e. The second kappa shape index (κ2) is 15.2. The highest BCUT2D eigenvalue weighted by atomic mass is 35.5. The van der Waals surface area contributed by atoms with Crippen molar-refractivity contribution in [2.75, 3.05) is 43.5 Å². The zero-order valence-electron chi connectivity index (χ0n) is 27.6. The number of aryl methyl sites for hydroxylation is 1. The van der Waals surface area contributed by atoms with Gasteiger partial charge in [0.25, 0.3) is 0 Å². The Morgan fingerprint density at radius 2 is 1.88 bits per heavy atom. The number of ether oxygens (including phenoxy) is 1. The van der Waals surface area contributed by atoms with E-state index in [1.54, 1.807) is 17.9 Å². The minimum Gasteiger partial charge on any atom is -0.465 e. The van der Waals surface area contributed by atoms with Crippen molar-refractivity contribution in [3.8, 4) is 11.8 Å². The van der Waals surface area contributed by atoms with Crippen LogP contribution in [0.15, 0.2) is 47.5 Å². The molecule has 5 rings (SSSR count). The summed E-state index contributed by atoms with van der Waals surface area (Å²) < 4.78 is 4.88. The number of benzene rings is 2. The molecule has 48 heavy (non-hydrogen) atoms. The van der Waals surface area contributed by atoms with Crippen molar-refractivity contribution in [3.63, 3.8) is 0 Å². The van der Waals surface area contributed by atoms with Gasteiger partial charge in [0.1, 0.15) is 22.7 Å². The number of rotatable bonds is 7. The summed E-state index contributed by atoms with van der Waals surface area (Å²) in [7, 11) is 1.34. The Balaban J connectivity index is 1.28. The maximum Gasteiger partial charge on any atom is 0.339 e. The summed E-state index contributed by atoms with van der Waals surface area (Å²) in [5, 5.41) is 22.6. The third-order valence-electron chi connectivity index (χ3n) is 8.78. The Hall–Kier alpha value is -4.50. The average Bonchev–Trinajstić information content (AvgIpc) is 3.30. The fraction of sp³-hybridized carbons (Fsp3) is 0.361. The maximum atomic E-state index is 13.7. The number of esters is 1. The summed E-state index contributed by atoms with van der Waals surface area (Å²) in [5.74, 6) is 5.92. The molecule has 1 saturated heterocycles. The van der Waals surface area contributed by atoms with E-state index in [2.05, 4.69) is 17.2 Å². The van der Waals surface area contributed by atoms with Gasteiger partial charge in [-0.2, -0.15) is 0 Å². The Morgan fingerprint density at radius 1 is 1.17 bits per heavy atom. The molecule has 0 saturated carbocycles. The van der Waals surface area contributed by atoms with Gasteiger partial charge in [-0.1, -0.05) is 35.6 Å².